The van der Waals surface area contributed by atoms with Crippen molar-refractivity contribution in [3.05, 3.63) is 0 Å². The molecule has 0 atom stereocenters. The molecule has 0 fully saturated rings. The highest BCUT2D eigenvalue weighted by molar-refractivity contribution is 7.99. The monoisotopic (exact) mass is 179 g/mol. The molecule has 0 aromatic heterocycles. The van der Waals surface area contributed by atoms with Gasteiger partial charge in [-0.3, -0.25) is 0 Å². The van der Waals surface area contributed by atoms with Gasteiger partial charge in [0.2, 0.25) is 0 Å². The van der Waals surface area contributed by atoms with Gasteiger partial charge in [0.05, 0.1) is 13.2 Å². The zero-order valence-electron chi connectivity index (χ0n) is 6.79. The summed E-state index contributed by atoms with van der Waals surface area (Å²) in [6.45, 7) is 2.32. The van der Waals surface area contributed by atoms with Crippen LogP contribution in [0.15, 0.2) is 0 Å². The van der Waals surface area contributed by atoms with E-state index in [9.17, 15) is 0 Å². The van der Waals surface area contributed by atoms with E-state index in [1.54, 1.807) is 11.8 Å². The van der Waals surface area contributed by atoms with E-state index in [0.717, 1.165) is 24.5 Å². The minimum Gasteiger partial charge on any atom is -0.396 e. The van der Waals surface area contributed by atoms with E-state index in [1.807, 2.05) is 0 Å². The molecule has 0 rings (SSSR count). The van der Waals surface area contributed by atoms with Crippen molar-refractivity contribution in [3.63, 3.8) is 0 Å². The Hall–Kier alpha value is 0.230. The minimum atomic E-state index is 0.272. The topological polar surface area (TPSA) is 55.5 Å². The van der Waals surface area contributed by atoms with Gasteiger partial charge in [-0.05, 0) is 12.2 Å². The highest BCUT2D eigenvalue weighted by atomic mass is 32.2. The largest absolute Gasteiger partial charge is 0.396 e. The molecule has 4 heteroatoms. The molecule has 0 aliphatic carbocycles. The molecule has 0 spiro atoms. The first kappa shape index (κ1) is 11.2. The first-order valence-corrected chi connectivity index (χ1v) is 5.03. The fourth-order valence-electron chi connectivity index (χ4n) is 0.615. The maximum Gasteiger partial charge on any atom is 0.0588 e. The minimum absolute atomic E-state index is 0.272. The summed E-state index contributed by atoms with van der Waals surface area (Å²) in [7, 11) is 0. The van der Waals surface area contributed by atoms with E-state index in [2.05, 4.69) is 0 Å². The van der Waals surface area contributed by atoms with Crippen LogP contribution in [-0.2, 0) is 4.74 Å². The Labute approximate surface area is 72.3 Å². The van der Waals surface area contributed by atoms with Gasteiger partial charge in [0, 0.05) is 18.9 Å². The van der Waals surface area contributed by atoms with E-state index in [1.165, 1.54) is 0 Å². The normalized spacial score (nSPS) is 10.4. The van der Waals surface area contributed by atoms with Crippen molar-refractivity contribution < 1.29 is 9.84 Å². The standard InChI is InChI=1S/C7H17NO2S/c8-2-5-10-4-1-6-11-7-3-9/h9H,1-8H2. The Morgan fingerprint density at radius 1 is 1.27 bits per heavy atom. The Morgan fingerprint density at radius 2 is 2.09 bits per heavy atom. The first-order chi connectivity index (χ1) is 5.41. The summed E-state index contributed by atoms with van der Waals surface area (Å²) in [6.07, 6.45) is 1.05. The molecule has 0 aliphatic rings. The van der Waals surface area contributed by atoms with Gasteiger partial charge in [0.25, 0.3) is 0 Å². The number of ether oxygens (including phenoxy) is 1. The van der Waals surface area contributed by atoms with Crippen molar-refractivity contribution in [2.45, 2.75) is 6.42 Å². The lowest BCUT2D eigenvalue weighted by Gasteiger charge is -2.01. The van der Waals surface area contributed by atoms with Crippen molar-refractivity contribution in [2.24, 2.45) is 5.73 Å². The van der Waals surface area contributed by atoms with Crippen LogP contribution in [0.4, 0.5) is 0 Å². The number of nitrogens with two attached hydrogens (primary N) is 1. The smallest absolute Gasteiger partial charge is 0.0588 e. The number of aliphatic hydroxyl groups excluding tert-OH is 1. The molecule has 3 nitrogen and oxygen atoms in total. The Balaban J connectivity index is 2.69. The zero-order chi connectivity index (χ0) is 8.36. The summed E-state index contributed by atoms with van der Waals surface area (Å²) in [5.74, 6) is 1.89. The van der Waals surface area contributed by atoms with Gasteiger partial charge < -0.3 is 15.6 Å². The molecule has 0 radical (unpaired) electrons. The third kappa shape index (κ3) is 10.2. The molecule has 0 saturated carbocycles. The van der Waals surface area contributed by atoms with Crippen molar-refractivity contribution >= 4 is 11.8 Å². The van der Waals surface area contributed by atoms with Crippen molar-refractivity contribution in [2.75, 3.05) is 37.9 Å². The van der Waals surface area contributed by atoms with Gasteiger partial charge in [-0.15, -0.1) is 0 Å². The van der Waals surface area contributed by atoms with Crippen LogP contribution < -0.4 is 5.73 Å². The van der Waals surface area contributed by atoms with Crippen LogP contribution in [0.3, 0.4) is 0 Å². The van der Waals surface area contributed by atoms with E-state index >= 15 is 0 Å². The highest BCUT2D eigenvalue weighted by Gasteiger charge is 1.88. The van der Waals surface area contributed by atoms with Crippen LogP contribution >= 0.6 is 11.8 Å². The Kier molecular flexibility index (Phi) is 10.4. The average molecular weight is 179 g/mol. The second-order valence-corrected chi connectivity index (χ2v) is 3.32. The second-order valence-electron chi connectivity index (χ2n) is 2.09. The zero-order valence-corrected chi connectivity index (χ0v) is 7.61. The molecule has 0 amide bonds. The number of aliphatic hydroxyl groups is 1. The van der Waals surface area contributed by atoms with Gasteiger partial charge >= 0.3 is 0 Å². The molecular formula is C7H17NO2S. The SMILES string of the molecule is NCCOCCCSCCO. The summed E-state index contributed by atoms with van der Waals surface area (Å²) in [6, 6.07) is 0. The van der Waals surface area contributed by atoms with Crippen molar-refractivity contribution in [1.29, 1.82) is 0 Å². The highest BCUT2D eigenvalue weighted by Crippen LogP contribution is 2.00. The fourth-order valence-corrected chi connectivity index (χ4v) is 1.27. The lowest BCUT2D eigenvalue weighted by atomic mass is 10.5. The molecule has 0 aliphatic heterocycles. The molecule has 0 aromatic carbocycles. The summed E-state index contributed by atoms with van der Waals surface area (Å²) >= 11 is 1.75. The van der Waals surface area contributed by atoms with E-state index < -0.39 is 0 Å². The molecule has 0 aromatic rings. The quantitative estimate of drug-likeness (QED) is 0.518. The van der Waals surface area contributed by atoms with Gasteiger partial charge in [-0.1, -0.05) is 0 Å². The van der Waals surface area contributed by atoms with Crippen molar-refractivity contribution in [3.8, 4) is 0 Å². The molecule has 11 heavy (non-hydrogen) atoms. The molecular weight excluding hydrogens is 162 g/mol. The van der Waals surface area contributed by atoms with Crippen LogP contribution in [-0.4, -0.2) is 43.0 Å². The summed E-state index contributed by atoms with van der Waals surface area (Å²) < 4.78 is 5.16. The lowest BCUT2D eigenvalue weighted by molar-refractivity contribution is 0.143. The van der Waals surface area contributed by atoms with E-state index in [0.29, 0.717) is 13.2 Å². The van der Waals surface area contributed by atoms with Gasteiger partial charge in [-0.25, -0.2) is 0 Å². The number of hydrogen-bond acceptors (Lipinski definition) is 4. The molecule has 0 bridgehead atoms. The van der Waals surface area contributed by atoms with Gasteiger partial charge in [0.15, 0.2) is 0 Å². The van der Waals surface area contributed by atoms with E-state index in [-0.39, 0.29) is 6.61 Å². The predicted octanol–water partition coefficient (Wildman–Crippen LogP) is 0.0773. The maximum absolute atomic E-state index is 8.44. The molecule has 0 unspecified atom stereocenters. The average Bonchev–Trinajstić information content (AvgIpc) is 2.03. The first-order valence-electron chi connectivity index (χ1n) is 3.88. The second kappa shape index (κ2) is 10.2. The lowest BCUT2D eigenvalue weighted by Crippen LogP contribution is -2.09. The fraction of sp³-hybridized carbons (Fsp3) is 1.00. The van der Waals surface area contributed by atoms with Crippen molar-refractivity contribution in [1.82, 2.24) is 0 Å². The molecule has 0 saturated heterocycles. The number of hydrogen-bond donors (Lipinski definition) is 2. The summed E-state index contributed by atoms with van der Waals surface area (Å²) in [5, 5.41) is 8.44. The van der Waals surface area contributed by atoms with Gasteiger partial charge in [-0.2, -0.15) is 11.8 Å². The van der Waals surface area contributed by atoms with Crippen LogP contribution in [0.1, 0.15) is 6.42 Å². The Bertz CT molecular complexity index is 65.5. The number of thioether (sulfide) groups is 1. The third-order valence-electron chi connectivity index (χ3n) is 1.08. The Morgan fingerprint density at radius 3 is 2.73 bits per heavy atom. The van der Waals surface area contributed by atoms with Crippen LogP contribution in [0.2, 0.25) is 0 Å². The summed E-state index contributed by atoms with van der Waals surface area (Å²) in [4.78, 5) is 0. The number of rotatable bonds is 8. The van der Waals surface area contributed by atoms with Crippen LogP contribution in [0.5, 0.6) is 0 Å². The van der Waals surface area contributed by atoms with Crippen LogP contribution in [0.25, 0.3) is 0 Å². The third-order valence-corrected chi connectivity index (χ3v) is 2.12. The van der Waals surface area contributed by atoms with Gasteiger partial charge in [0.1, 0.15) is 0 Å². The molecule has 0 heterocycles. The predicted molar refractivity (Wildman–Crippen MR) is 48.9 cm³/mol. The summed E-state index contributed by atoms with van der Waals surface area (Å²) in [5.41, 5.74) is 5.23. The molecule has 68 valence electrons. The molecule has 3 N–H and O–H groups in total. The maximum atomic E-state index is 8.44. The van der Waals surface area contributed by atoms with Crippen LogP contribution in [0, 0.1) is 0 Å². The van der Waals surface area contributed by atoms with E-state index in [4.69, 9.17) is 15.6 Å².